The van der Waals surface area contributed by atoms with Crippen LogP contribution in [0.3, 0.4) is 0 Å². The summed E-state index contributed by atoms with van der Waals surface area (Å²) in [6.07, 6.45) is 1.79. The first-order chi connectivity index (χ1) is 10.2. The average molecular weight is 282 g/mol. The first kappa shape index (κ1) is 13.6. The van der Waals surface area contributed by atoms with Gasteiger partial charge in [0, 0.05) is 5.56 Å². The van der Waals surface area contributed by atoms with E-state index < -0.39 is 0 Å². The maximum atomic E-state index is 5.65. The number of nitrogens with zero attached hydrogens (tertiary/aromatic N) is 3. The van der Waals surface area contributed by atoms with Gasteiger partial charge in [0.15, 0.2) is 0 Å². The van der Waals surface area contributed by atoms with Gasteiger partial charge < -0.3 is 9.73 Å². The molecule has 0 aliphatic carbocycles. The SMILES string of the molecule is CNC(c1cc(C)oc1C)c1cnnn1-c1ccccc1. The molecule has 1 atom stereocenters. The van der Waals surface area contributed by atoms with E-state index in [2.05, 4.69) is 21.7 Å². The minimum Gasteiger partial charge on any atom is -0.466 e. The van der Waals surface area contributed by atoms with Crippen molar-refractivity contribution in [2.24, 2.45) is 0 Å². The Labute approximate surface area is 123 Å². The molecule has 0 radical (unpaired) electrons. The van der Waals surface area contributed by atoms with Crippen molar-refractivity contribution in [3.05, 3.63) is 65.4 Å². The second kappa shape index (κ2) is 5.54. The summed E-state index contributed by atoms with van der Waals surface area (Å²) in [6, 6.07) is 12.0. The summed E-state index contributed by atoms with van der Waals surface area (Å²) < 4.78 is 7.50. The Hall–Kier alpha value is -2.40. The number of nitrogens with one attached hydrogen (secondary N) is 1. The highest BCUT2D eigenvalue weighted by Gasteiger charge is 2.22. The van der Waals surface area contributed by atoms with Crippen LogP contribution in [-0.4, -0.2) is 22.0 Å². The molecule has 3 rings (SSSR count). The number of rotatable bonds is 4. The zero-order chi connectivity index (χ0) is 14.8. The lowest BCUT2D eigenvalue weighted by molar-refractivity contribution is 0.495. The second-order valence-electron chi connectivity index (χ2n) is 5.00. The Kier molecular flexibility index (Phi) is 3.58. The number of hydrogen-bond donors (Lipinski definition) is 1. The molecular formula is C16H18N4O. The number of benzene rings is 1. The van der Waals surface area contributed by atoms with E-state index in [1.54, 1.807) is 6.20 Å². The highest BCUT2D eigenvalue weighted by molar-refractivity contribution is 5.36. The van der Waals surface area contributed by atoms with Crippen molar-refractivity contribution in [1.82, 2.24) is 20.3 Å². The smallest absolute Gasteiger partial charge is 0.106 e. The molecule has 0 fully saturated rings. The van der Waals surface area contributed by atoms with Crippen molar-refractivity contribution in [2.45, 2.75) is 19.9 Å². The molecule has 5 nitrogen and oxygen atoms in total. The molecule has 1 N–H and O–H groups in total. The fourth-order valence-electron chi connectivity index (χ4n) is 2.61. The third kappa shape index (κ3) is 2.48. The molecule has 0 saturated heterocycles. The average Bonchev–Trinajstić information content (AvgIpc) is 3.09. The highest BCUT2D eigenvalue weighted by Crippen LogP contribution is 2.27. The van der Waals surface area contributed by atoms with Gasteiger partial charge in [0.1, 0.15) is 11.5 Å². The molecule has 0 aliphatic rings. The minimum atomic E-state index is -0.0161. The van der Waals surface area contributed by atoms with Crippen LogP contribution in [0.5, 0.6) is 0 Å². The van der Waals surface area contributed by atoms with Crippen molar-refractivity contribution >= 4 is 0 Å². The summed E-state index contributed by atoms with van der Waals surface area (Å²) >= 11 is 0. The molecule has 3 aromatic rings. The molecule has 0 spiro atoms. The van der Waals surface area contributed by atoms with Crippen LogP contribution in [0, 0.1) is 13.8 Å². The van der Waals surface area contributed by atoms with Crippen LogP contribution >= 0.6 is 0 Å². The van der Waals surface area contributed by atoms with Crippen LogP contribution in [0.15, 0.2) is 47.0 Å². The third-order valence-corrected chi connectivity index (χ3v) is 3.55. The fourth-order valence-corrected chi connectivity index (χ4v) is 2.61. The molecule has 2 aromatic heterocycles. The first-order valence-corrected chi connectivity index (χ1v) is 6.91. The molecule has 5 heteroatoms. The maximum Gasteiger partial charge on any atom is 0.106 e. The van der Waals surface area contributed by atoms with E-state index in [4.69, 9.17) is 4.42 Å². The zero-order valence-electron chi connectivity index (χ0n) is 12.4. The lowest BCUT2D eigenvalue weighted by atomic mass is 10.0. The van der Waals surface area contributed by atoms with E-state index in [0.29, 0.717) is 0 Å². The van der Waals surface area contributed by atoms with Crippen LogP contribution in [0.4, 0.5) is 0 Å². The van der Waals surface area contributed by atoms with Crippen LogP contribution < -0.4 is 5.32 Å². The van der Waals surface area contributed by atoms with E-state index in [0.717, 1.165) is 28.5 Å². The van der Waals surface area contributed by atoms with Crippen molar-refractivity contribution in [2.75, 3.05) is 7.05 Å². The summed E-state index contributed by atoms with van der Waals surface area (Å²) in [7, 11) is 1.93. The molecule has 0 saturated carbocycles. The van der Waals surface area contributed by atoms with Gasteiger partial charge >= 0.3 is 0 Å². The van der Waals surface area contributed by atoms with Gasteiger partial charge in [-0.25, -0.2) is 4.68 Å². The zero-order valence-corrected chi connectivity index (χ0v) is 12.4. The molecule has 1 aromatic carbocycles. The Morgan fingerprint density at radius 1 is 1.19 bits per heavy atom. The lowest BCUT2D eigenvalue weighted by Crippen LogP contribution is -2.21. The van der Waals surface area contributed by atoms with Gasteiger partial charge in [-0.05, 0) is 39.1 Å². The van der Waals surface area contributed by atoms with Gasteiger partial charge in [-0.2, -0.15) is 0 Å². The lowest BCUT2D eigenvalue weighted by Gasteiger charge is -2.16. The number of hydrogen-bond acceptors (Lipinski definition) is 4. The quantitative estimate of drug-likeness (QED) is 0.799. The molecule has 0 aliphatic heterocycles. The Morgan fingerprint density at radius 3 is 2.57 bits per heavy atom. The van der Waals surface area contributed by atoms with Crippen molar-refractivity contribution in [3.8, 4) is 5.69 Å². The Morgan fingerprint density at radius 2 is 1.95 bits per heavy atom. The van der Waals surface area contributed by atoms with E-state index in [9.17, 15) is 0 Å². The van der Waals surface area contributed by atoms with E-state index >= 15 is 0 Å². The van der Waals surface area contributed by atoms with Gasteiger partial charge in [0.2, 0.25) is 0 Å². The van der Waals surface area contributed by atoms with Gasteiger partial charge in [-0.1, -0.05) is 23.4 Å². The number of aryl methyl sites for hydroxylation is 2. The summed E-state index contributed by atoms with van der Waals surface area (Å²) in [6.45, 7) is 3.93. The van der Waals surface area contributed by atoms with Gasteiger partial charge in [-0.15, -0.1) is 5.10 Å². The number of para-hydroxylation sites is 1. The fraction of sp³-hybridized carbons (Fsp3) is 0.250. The summed E-state index contributed by atoms with van der Waals surface area (Å²) in [4.78, 5) is 0. The number of furan rings is 1. The standard InChI is InChI=1S/C16H18N4O/c1-11-9-14(12(2)21-11)16(17-3)15-10-18-19-20(15)13-7-5-4-6-8-13/h4-10,16-17H,1-3H3. The number of aromatic nitrogens is 3. The maximum absolute atomic E-state index is 5.65. The molecule has 21 heavy (non-hydrogen) atoms. The summed E-state index contributed by atoms with van der Waals surface area (Å²) in [5.74, 6) is 1.81. The summed E-state index contributed by atoms with van der Waals surface area (Å²) in [5, 5.41) is 11.6. The van der Waals surface area contributed by atoms with Crippen LogP contribution in [0.2, 0.25) is 0 Å². The highest BCUT2D eigenvalue weighted by atomic mass is 16.3. The Bertz CT molecular complexity index is 730. The predicted molar refractivity (Wildman–Crippen MR) is 80.4 cm³/mol. The normalized spacial score (nSPS) is 12.5. The molecule has 1 unspecified atom stereocenters. The third-order valence-electron chi connectivity index (χ3n) is 3.55. The second-order valence-corrected chi connectivity index (χ2v) is 5.00. The van der Waals surface area contributed by atoms with Gasteiger partial charge in [0.25, 0.3) is 0 Å². The van der Waals surface area contributed by atoms with Crippen LogP contribution in [0.1, 0.15) is 28.8 Å². The van der Waals surface area contributed by atoms with E-state index in [1.165, 1.54) is 0 Å². The molecule has 0 amide bonds. The molecule has 0 bridgehead atoms. The molecular weight excluding hydrogens is 264 g/mol. The molecule has 108 valence electrons. The van der Waals surface area contributed by atoms with Gasteiger partial charge in [-0.3, -0.25) is 0 Å². The monoisotopic (exact) mass is 282 g/mol. The largest absolute Gasteiger partial charge is 0.466 e. The van der Waals surface area contributed by atoms with E-state index in [1.807, 2.05) is 55.9 Å². The van der Waals surface area contributed by atoms with Crippen LogP contribution in [0.25, 0.3) is 5.69 Å². The Balaban J connectivity index is 2.07. The van der Waals surface area contributed by atoms with Crippen molar-refractivity contribution in [1.29, 1.82) is 0 Å². The van der Waals surface area contributed by atoms with Crippen molar-refractivity contribution in [3.63, 3.8) is 0 Å². The van der Waals surface area contributed by atoms with Crippen LogP contribution in [-0.2, 0) is 0 Å². The van der Waals surface area contributed by atoms with E-state index in [-0.39, 0.29) is 6.04 Å². The van der Waals surface area contributed by atoms with Crippen molar-refractivity contribution < 1.29 is 4.42 Å². The predicted octanol–water partition coefficient (Wildman–Crippen LogP) is 2.79. The summed E-state index contributed by atoms with van der Waals surface area (Å²) in [5.41, 5.74) is 3.07. The van der Waals surface area contributed by atoms with Gasteiger partial charge in [0.05, 0.1) is 23.6 Å². The first-order valence-electron chi connectivity index (χ1n) is 6.91. The topological polar surface area (TPSA) is 55.9 Å². The molecule has 2 heterocycles. The minimum absolute atomic E-state index is 0.0161.